The molecule has 7 heteroatoms. The third kappa shape index (κ3) is 2.44. The second-order valence-electron chi connectivity index (χ2n) is 3.53. The summed E-state index contributed by atoms with van der Waals surface area (Å²) in [5, 5.41) is 3.18. The van der Waals surface area contributed by atoms with Crippen LogP contribution in [0.1, 0.15) is 9.67 Å². The number of nitrogens with two attached hydrogens (primary N) is 1. The summed E-state index contributed by atoms with van der Waals surface area (Å²) in [6, 6.07) is 4.08. The van der Waals surface area contributed by atoms with Crippen LogP contribution in [0.4, 0.5) is 4.39 Å². The Kier molecular flexibility index (Phi) is 3.49. The van der Waals surface area contributed by atoms with Gasteiger partial charge in [0.05, 0.1) is 11.6 Å². The molecule has 2 aromatic rings. The quantitative estimate of drug-likeness (QED) is 0.905. The van der Waals surface area contributed by atoms with E-state index in [0.717, 1.165) is 11.3 Å². The minimum absolute atomic E-state index is 0.235. The molecule has 2 rings (SSSR count). The molecule has 3 N–H and O–H groups in total. The monoisotopic (exact) mass is 286 g/mol. The first-order valence-corrected chi connectivity index (χ1v) is 6.12. The van der Waals surface area contributed by atoms with Gasteiger partial charge in [-0.15, -0.1) is 11.3 Å². The smallest absolute Gasteiger partial charge is 0.263 e. The van der Waals surface area contributed by atoms with Crippen molar-refractivity contribution in [2.45, 2.75) is 0 Å². The van der Waals surface area contributed by atoms with E-state index in [1.165, 1.54) is 18.2 Å². The zero-order valence-corrected chi connectivity index (χ0v) is 10.6. The maximum Gasteiger partial charge on any atom is 0.263 e. The Labute approximate surface area is 111 Å². The van der Waals surface area contributed by atoms with Crippen molar-refractivity contribution in [3.05, 3.63) is 33.9 Å². The summed E-state index contributed by atoms with van der Waals surface area (Å²) in [6.45, 7) is -0.266. The molecule has 0 bridgehead atoms. The van der Waals surface area contributed by atoms with Crippen LogP contribution < -0.4 is 11.1 Å². The molecule has 1 aromatic carbocycles. The van der Waals surface area contributed by atoms with Crippen LogP contribution in [0, 0.1) is 5.82 Å². The molecule has 0 atom stereocenters. The highest BCUT2D eigenvalue weighted by molar-refractivity contribution is 7.21. The fourth-order valence-corrected chi connectivity index (χ4v) is 2.89. The molecule has 0 aliphatic carbocycles. The highest BCUT2D eigenvalue weighted by atomic mass is 35.5. The summed E-state index contributed by atoms with van der Waals surface area (Å²) in [6.07, 6.45) is 0. The summed E-state index contributed by atoms with van der Waals surface area (Å²) in [4.78, 5) is 22.5. The van der Waals surface area contributed by atoms with Crippen molar-refractivity contribution < 1.29 is 14.0 Å². The minimum Gasteiger partial charge on any atom is -0.368 e. The fraction of sp³-hybridized carbons (Fsp3) is 0.0909. The Hall–Kier alpha value is -1.66. The number of fused-ring (bicyclic) bond motifs is 1. The van der Waals surface area contributed by atoms with Crippen molar-refractivity contribution >= 4 is 44.8 Å². The van der Waals surface area contributed by atoms with E-state index in [4.69, 9.17) is 17.3 Å². The number of halogens is 2. The molecule has 0 saturated carbocycles. The average Bonchev–Trinajstić information content (AvgIpc) is 2.63. The Balaban J connectivity index is 2.36. The topological polar surface area (TPSA) is 72.2 Å². The molecule has 0 aliphatic rings. The van der Waals surface area contributed by atoms with Crippen LogP contribution in [0.25, 0.3) is 10.1 Å². The number of hydrogen-bond acceptors (Lipinski definition) is 3. The third-order valence-corrected chi connectivity index (χ3v) is 3.88. The van der Waals surface area contributed by atoms with Gasteiger partial charge in [-0.25, -0.2) is 4.39 Å². The van der Waals surface area contributed by atoms with Gasteiger partial charge in [0.1, 0.15) is 10.7 Å². The van der Waals surface area contributed by atoms with Crippen molar-refractivity contribution in [3.63, 3.8) is 0 Å². The van der Waals surface area contributed by atoms with Crippen molar-refractivity contribution in [2.75, 3.05) is 6.54 Å². The number of hydrogen-bond donors (Lipinski definition) is 2. The highest BCUT2D eigenvalue weighted by Crippen LogP contribution is 2.35. The molecule has 18 heavy (non-hydrogen) atoms. The normalized spacial score (nSPS) is 10.6. The molecular weight excluding hydrogens is 279 g/mol. The van der Waals surface area contributed by atoms with Gasteiger partial charge in [0.2, 0.25) is 5.91 Å². The predicted octanol–water partition coefficient (Wildman–Crippen LogP) is 1.91. The Morgan fingerprint density at radius 2 is 2.17 bits per heavy atom. The fourth-order valence-electron chi connectivity index (χ4n) is 1.43. The van der Waals surface area contributed by atoms with Gasteiger partial charge in [-0.05, 0) is 18.2 Å². The van der Waals surface area contributed by atoms with Crippen molar-refractivity contribution in [1.29, 1.82) is 0 Å². The maximum atomic E-state index is 13.0. The van der Waals surface area contributed by atoms with E-state index in [1.807, 2.05) is 0 Å². The zero-order chi connectivity index (χ0) is 13.3. The summed E-state index contributed by atoms with van der Waals surface area (Å²) in [7, 11) is 0. The minimum atomic E-state index is -0.647. The van der Waals surface area contributed by atoms with E-state index in [-0.39, 0.29) is 16.4 Å². The molecule has 0 aliphatic heterocycles. The maximum absolute atomic E-state index is 13.0. The van der Waals surface area contributed by atoms with Gasteiger partial charge >= 0.3 is 0 Å². The predicted molar refractivity (Wildman–Crippen MR) is 68.3 cm³/mol. The molecule has 94 valence electrons. The third-order valence-electron chi connectivity index (χ3n) is 2.22. The Morgan fingerprint density at radius 3 is 2.83 bits per heavy atom. The largest absolute Gasteiger partial charge is 0.368 e. The van der Waals surface area contributed by atoms with Crippen LogP contribution in [0.5, 0.6) is 0 Å². The summed E-state index contributed by atoms with van der Waals surface area (Å²) >= 11 is 7.09. The molecule has 0 saturated heterocycles. The van der Waals surface area contributed by atoms with Crippen molar-refractivity contribution in [3.8, 4) is 0 Å². The van der Waals surface area contributed by atoms with Gasteiger partial charge in [-0.3, -0.25) is 9.59 Å². The van der Waals surface area contributed by atoms with Gasteiger partial charge < -0.3 is 11.1 Å². The van der Waals surface area contributed by atoms with Crippen LogP contribution in [0.3, 0.4) is 0 Å². The molecule has 1 aromatic heterocycles. The number of nitrogens with one attached hydrogen (secondary N) is 1. The standard InChI is InChI=1S/C11H8ClFN2O2S/c12-9-6-2-1-5(13)3-7(6)18-10(9)11(17)15-4-8(14)16/h1-3H,4H2,(H2,14,16)(H,15,17). The lowest BCUT2D eigenvalue weighted by molar-refractivity contribution is -0.117. The van der Waals surface area contributed by atoms with Crippen molar-refractivity contribution in [2.24, 2.45) is 5.73 Å². The van der Waals surface area contributed by atoms with Crippen LogP contribution in [-0.2, 0) is 4.79 Å². The molecule has 0 unspecified atom stereocenters. The second kappa shape index (κ2) is 4.91. The van der Waals surface area contributed by atoms with Gasteiger partial charge in [-0.2, -0.15) is 0 Å². The number of carbonyl (C=O) groups is 2. The number of benzene rings is 1. The van der Waals surface area contributed by atoms with Gasteiger partial charge in [0.25, 0.3) is 5.91 Å². The van der Waals surface area contributed by atoms with E-state index < -0.39 is 17.6 Å². The average molecular weight is 287 g/mol. The van der Waals surface area contributed by atoms with Crippen LogP contribution >= 0.6 is 22.9 Å². The lowest BCUT2D eigenvalue weighted by Crippen LogP contribution is -2.32. The van der Waals surface area contributed by atoms with E-state index in [2.05, 4.69) is 5.32 Å². The van der Waals surface area contributed by atoms with Gasteiger partial charge in [-0.1, -0.05) is 11.6 Å². The lowest BCUT2D eigenvalue weighted by atomic mass is 10.2. The van der Waals surface area contributed by atoms with Crippen LogP contribution in [-0.4, -0.2) is 18.4 Å². The summed E-state index contributed by atoms with van der Waals surface area (Å²) in [5.41, 5.74) is 4.92. The molecule has 0 fully saturated rings. The number of amides is 2. The Bertz CT molecular complexity index is 641. The number of carbonyl (C=O) groups excluding carboxylic acids is 2. The zero-order valence-electron chi connectivity index (χ0n) is 9.00. The summed E-state index contributed by atoms with van der Waals surface area (Å²) in [5.74, 6) is -1.54. The Morgan fingerprint density at radius 1 is 1.44 bits per heavy atom. The molecule has 0 radical (unpaired) electrons. The highest BCUT2D eigenvalue weighted by Gasteiger charge is 2.17. The summed E-state index contributed by atoms with van der Waals surface area (Å²) < 4.78 is 13.6. The van der Waals surface area contributed by atoms with Gasteiger partial charge in [0.15, 0.2) is 0 Å². The van der Waals surface area contributed by atoms with Crippen LogP contribution in [0.2, 0.25) is 5.02 Å². The molecule has 1 heterocycles. The van der Waals surface area contributed by atoms with Gasteiger partial charge in [0, 0.05) is 10.1 Å². The van der Waals surface area contributed by atoms with E-state index in [1.54, 1.807) is 0 Å². The van der Waals surface area contributed by atoms with E-state index in [9.17, 15) is 14.0 Å². The van der Waals surface area contributed by atoms with Crippen molar-refractivity contribution in [1.82, 2.24) is 5.32 Å². The van der Waals surface area contributed by atoms with E-state index >= 15 is 0 Å². The SMILES string of the molecule is NC(=O)CNC(=O)c1sc2cc(F)ccc2c1Cl. The molecule has 2 amide bonds. The second-order valence-corrected chi connectivity index (χ2v) is 4.96. The number of rotatable bonds is 3. The first-order chi connectivity index (χ1) is 8.49. The first kappa shape index (κ1) is 12.8. The number of thiophene rings is 1. The number of primary amides is 1. The molecule has 0 spiro atoms. The first-order valence-electron chi connectivity index (χ1n) is 4.93. The molecule has 4 nitrogen and oxygen atoms in total. The van der Waals surface area contributed by atoms with Crippen LogP contribution in [0.15, 0.2) is 18.2 Å². The molecular formula is C11H8ClFN2O2S. The van der Waals surface area contributed by atoms with E-state index in [0.29, 0.717) is 10.1 Å². The lowest BCUT2D eigenvalue weighted by Gasteiger charge is -1.99.